The Morgan fingerprint density at radius 2 is 1.68 bits per heavy atom. The highest BCUT2D eigenvalue weighted by molar-refractivity contribution is 7.89. The van der Waals surface area contributed by atoms with Crippen molar-refractivity contribution in [2.75, 3.05) is 26.2 Å². The molecule has 0 bridgehead atoms. The Hall–Kier alpha value is -2.48. The number of aryl methyl sites for hydroxylation is 2. The Labute approximate surface area is 183 Å². The quantitative estimate of drug-likeness (QED) is 0.615. The minimum absolute atomic E-state index is 0.0739. The number of nitrogens with zero attached hydrogens (tertiary/aromatic N) is 2. The van der Waals surface area contributed by atoms with E-state index in [1.54, 1.807) is 16.4 Å². The molecule has 0 unspecified atom stereocenters. The van der Waals surface area contributed by atoms with Gasteiger partial charge in [-0.15, -0.1) is 0 Å². The van der Waals surface area contributed by atoms with Crippen LogP contribution in [0, 0.1) is 13.8 Å². The van der Waals surface area contributed by atoms with Crippen LogP contribution in [0.15, 0.2) is 53.4 Å². The van der Waals surface area contributed by atoms with E-state index in [2.05, 4.69) is 9.88 Å². The minimum Gasteiger partial charge on any atom is -0.358 e. The second-order valence-corrected chi connectivity index (χ2v) is 10.3. The summed E-state index contributed by atoms with van der Waals surface area (Å²) in [5.41, 5.74) is 3.59. The number of sulfonamides is 1. The van der Waals surface area contributed by atoms with Crippen molar-refractivity contribution in [3.8, 4) is 0 Å². The molecule has 7 heteroatoms. The van der Waals surface area contributed by atoms with E-state index in [-0.39, 0.29) is 11.8 Å². The van der Waals surface area contributed by atoms with E-state index in [4.69, 9.17) is 0 Å². The average molecular weight is 440 g/mol. The third-order valence-corrected chi connectivity index (χ3v) is 8.13. The highest BCUT2D eigenvalue weighted by Crippen LogP contribution is 2.25. The molecule has 6 nitrogen and oxygen atoms in total. The average Bonchev–Trinajstić information content (AvgIpc) is 2.91. The number of aromatic nitrogens is 1. The molecule has 4 rings (SSSR count). The summed E-state index contributed by atoms with van der Waals surface area (Å²) in [6, 6.07) is 14.5. The third-order valence-electron chi connectivity index (χ3n) is 6.22. The molecule has 2 heterocycles. The Morgan fingerprint density at radius 3 is 2.42 bits per heavy atom. The molecule has 0 radical (unpaired) electrons. The first kappa shape index (κ1) is 21.7. The van der Waals surface area contributed by atoms with Crippen LogP contribution in [0.3, 0.4) is 0 Å². The number of fused-ring (bicyclic) bond motifs is 1. The number of rotatable bonds is 5. The van der Waals surface area contributed by atoms with Crippen LogP contribution in [0.1, 0.15) is 35.0 Å². The summed E-state index contributed by atoms with van der Waals surface area (Å²) in [5, 5.41) is 0.940. The van der Waals surface area contributed by atoms with E-state index in [1.807, 2.05) is 57.2 Å². The van der Waals surface area contributed by atoms with E-state index in [9.17, 15) is 13.2 Å². The minimum atomic E-state index is -3.53. The third kappa shape index (κ3) is 4.18. The number of ketones is 1. The van der Waals surface area contributed by atoms with Gasteiger partial charge in [-0.05, 0) is 45.4 Å². The number of carbonyl (C=O) groups is 1. The van der Waals surface area contributed by atoms with Crippen LogP contribution in [0.4, 0.5) is 0 Å². The molecule has 1 aliphatic rings. The van der Waals surface area contributed by atoms with Crippen molar-refractivity contribution in [1.29, 1.82) is 0 Å². The first-order valence-electron chi connectivity index (χ1n) is 10.7. The van der Waals surface area contributed by atoms with Crippen molar-refractivity contribution in [3.63, 3.8) is 0 Å². The normalized spacial score (nSPS) is 17.5. The molecule has 3 aromatic rings. The summed E-state index contributed by atoms with van der Waals surface area (Å²) >= 11 is 0. The highest BCUT2D eigenvalue weighted by atomic mass is 32.2. The molecule has 0 amide bonds. The molecule has 2 aromatic carbocycles. The topological polar surface area (TPSA) is 73.5 Å². The van der Waals surface area contributed by atoms with Gasteiger partial charge in [0.2, 0.25) is 10.0 Å². The van der Waals surface area contributed by atoms with Gasteiger partial charge in [-0.2, -0.15) is 4.31 Å². The molecular weight excluding hydrogens is 410 g/mol. The van der Waals surface area contributed by atoms with Crippen LogP contribution >= 0.6 is 0 Å². The van der Waals surface area contributed by atoms with Gasteiger partial charge < -0.3 is 4.98 Å². The van der Waals surface area contributed by atoms with Gasteiger partial charge in [-0.25, -0.2) is 8.42 Å². The molecule has 1 aromatic heterocycles. The van der Waals surface area contributed by atoms with E-state index in [1.165, 1.54) is 0 Å². The van der Waals surface area contributed by atoms with Gasteiger partial charge in [0.1, 0.15) is 0 Å². The number of Topliss-reactive ketones (excluding diaryl/α,β-unsaturated/α-hetero) is 1. The molecular formula is C24H29N3O3S. The van der Waals surface area contributed by atoms with Crippen LogP contribution in [-0.2, 0) is 10.0 Å². The zero-order valence-corrected chi connectivity index (χ0v) is 19.1. The molecule has 1 N–H and O–H groups in total. The molecule has 0 aliphatic carbocycles. The highest BCUT2D eigenvalue weighted by Gasteiger charge is 2.31. The number of hydrogen-bond acceptors (Lipinski definition) is 4. The molecule has 1 atom stereocenters. The maximum Gasteiger partial charge on any atom is 0.243 e. The zero-order chi connectivity index (χ0) is 22.2. The van der Waals surface area contributed by atoms with Crippen LogP contribution in [0.25, 0.3) is 10.9 Å². The van der Waals surface area contributed by atoms with Gasteiger partial charge in [0.25, 0.3) is 0 Å². The fraction of sp³-hybridized carbons (Fsp3) is 0.375. The summed E-state index contributed by atoms with van der Waals surface area (Å²) in [6.45, 7) is 7.84. The van der Waals surface area contributed by atoms with Crippen LogP contribution < -0.4 is 0 Å². The lowest BCUT2D eigenvalue weighted by Crippen LogP contribution is -2.42. The predicted octanol–water partition coefficient (Wildman–Crippen LogP) is 3.75. The Balaban J connectivity index is 1.51. The lowest BCUT2D eigenvalue weighted by molar-refractivity contribution is 0.0846. The Morgan fingerprint density at radius 1 is 0.968 bits per heavy atom. The Kier molecular flexibility index (Phi) is 6.01. The van der Waals surface area contributed by atoms with Crippen molar-refractivity contribution < 1.29 is 13.2 Å². The Bertz CT molecular complexity index is 1200. The van der Waals surface area contributed by atoms with E-state index >= 15 is 0 Å². The molecule has 1 fully saturated rings. The monoisotopic (exact) mass is 439 g/mol. The summed E-state index contributed by atoms with van der Waals surface area (Å²) < 4.78 is 27.7. The summed E-state index contributed by atoms with van der Waals surface area (Å²) in [5.74, 6) is 0.0739. The smallest absolute Gasteiger partial charge is 0.243 e. The molecule has 164 valence electrons. The number of para-hydroxylation sites is 1. The van der Waals surface area contributed by atoms with Crippen molar-refractivity contribution in [2.24, 2.45) is 0 Å². The van der Waals surface area contributed by atoms with Crippen molar-refractivity contribution in [1.82, 2.24) is 14.2 Å². The summed E-state index contributed by atoms with van der Waals surface area (Å²) in [7, 11) is -3.53. The predicted molar refractivity (Wildman–Crippen MR) is 123 cm³/mol. The number of hydrogen-bond donors (Lipinski definition) is 1. The SMILES string of the molecule is Cc1ccc(S(=O)(=O)N2CCCN([C@@H](C)C(=O)c3c(C)[nH]c4ccccc34)CC2)cc1. The number of aromatic amines is 1. The van der Waals surface area contributed by atoms with Crippen molar-refractivity contribution >= 4 is 26.7 Å². The van der Waals surface area contributed by atoms with Crippen molar-refractivity contribution in [2.45, 2.75) is 38.1 Å². The van der Waals surface area contributed by atoms with Gasteiger partial charge >= 0.3 is 0 Å². The number of nitrogens with one attached hydrogen (secondary N) is 1. The van der Waals surface area contributed by atoms with E-state index < -0.39 is 10.0 Å². The number of benzene rings is 2. The van der Waals surface area contributed by atoms with Crippen LogP contribution in [-0.4, -0.2) is 60.6 Å². The van der Waals surface area contributed by atoms with Gasteiger partial charge in [-0.3, -0.25) is 9.69 Å². The molecule has 31 heavy (non-hydrogen) atoms. The molecule has 0 saturated carbocycles. The van der Waals surface area contributed by atoms with Gasteiger partial charge in [0.05, 0.1) is 10.9 Å². The lowest BCUT2D eigenvalue weighted by atomic mass is 10.0. The fourth-order valence-electron chi connectivity index (χ4n) is 4.37. The first-order valence-corrected chi connectivity index (χ1v) is 12.2. The largest absolute Gasteiger partial charge is 0.358 e. The summed E-state index contributed by atoms with van der Waals surface area (Å²) in [4.78, 5) is 19.1. The molecule has 0 spiro atoms. The first-order chi connectivity index (χ1) is 14.8. The maximum absolute atomic E-state index is 13.4. The molecule has 1 aliphatic heterocycles. The second kappa shape index (κ2) is 8.57. The number of H-pyrrole nitrogens is 1. The standard InChI is InChI=1S/C24H29N3O3S/c1-17-9-11-20(12-10-17)31(29,30)27-14-6-13-26(15-16-27)19(3)24(28)23-18(2)25-22-8-5-4-7-21(22)23/h4-5,7-12,19,25H,6,13-16H2,1-3H3/t19-/m0/s1. The zero-order valence-electron chi connectivity index (χ0n) is 18.3. The second-order valence-electron chi connectivity index (χ2n) is 8.32. The maximum atomic E-state index is 13.4. The van der Waals surface area contributed by atoms with Crippen LogP contribution in [0.2, 0.25) is 0 Å². The molecule has 1 saturated heterocycles. The van der Waals surface area contributed by atoms with Gasteiger partial charge in [-0.1, -0.05) is 35.9 Å². The lowest BCUT2D eigenvalue weighted by Gasteiger charge is -2.27. The number of carbonyl (C=O) groups excluding carboxylic acids is 1. The van der Waals surface area contributed by atoms with Crippen LogP contribution in [0.5, 0.6) is 0 Å². The van der Waals surface area contributed by atoms with E-state index in [0.717, 1.165) is 27.7 Å². The summed E-state index contributed by atoms with van der Waals surface area (Å²) in [6.07, 6.45) is 0.690. The van der Waals surface area contributed by atoms with E-state index in [0.29, 0.717) is 37.5 Å². The van der Waals surface area contributed by atoms with Crippen molar-refractivity contribution in [3.05, 3.63) is 65.4 Å². The van der Waals surface area contributed by atoms with Gasteiger partial charge in [0, 0.05) is 48.3 Å². The van der Waals surface area contributed by atoms with Gasteiger partial charge in [0.15, 0.2) is 5.78 Å². The fourth-order valence-corrected chi connectivity index (χ4v) is 5.84.